The highest BCUT2D eigenvalue weighted by Gasteiger charge is 2.13. The van der Waals surface area contributed by atoms with Crippen LogP contribution in [0.3, 0.4) is 0 Å². The first-order valence-electron chi connectivity index (χ1n) is 7.08. The van der Waals surface area contributed by atoms with E-state index >= 15 is 0 Å². The Morgan fingerprint density at radius 3 is 1.52 bits per heavy atom. The molecule has 0 bridgehead atoms. The number of nitrogens with two attached hydrogens (primary N) is 2. The predicted octanol–water partition coefficient (Wildman–Crippen LogP) is 3.48. The smallest absolute Gasteiger partial charge is 0.142 e. The van der Waals surface area contributed by atoms with E-state index < -0.39 is 0 Å². The van der Waals surface area contributed by atoms with E-state index in [1.807, 2.05) is 62.4 Å². The summed E-state index contributed by atoms with van der Waals surface area (Å²) in [6.07, 6.45) is 0.729. The SMILES string of the molecule is C[C@H](C[C@@H](C)Oc1ccccc1N)Oc1ccccc1N. The average Bonchev–Trinajstić information content (AvgIpc) is 2.44. The molecular weight excluding hydrogens is 264 g/mol. The van der Waals surface area contributed by atoms with Gasteiger partial charge >= 0.3 is 0 Å². The molecule has 2 aromatic rings. The van der Waals surface area contributed by atoms with Crippen molar-refractivity contribution in [2.45, 2.75) is 32.5 Å². The lowest BCUT2D eigenvalue weighted by Gasteiger charge is -2.21. The number of ether oxygens (including phenoxy) is 2. The second kappa shape index (κ2) is 6.88. The highest BCUT2D eigenvalue weighted by molar-refractivity contribution is 5.52. The summed E-state index contributed by atoms with van der Waals surface area (Å²) in [6.45, 7) is 4.00. The van der Waals surface area contributed by atoms with Gasteiger partial charge in [0, 0.05) is 6.42 Å². The van der Waals surface area contributed by atoms with Crippen molar-refractivity contribution in [3.05, 3.63) is 48.5 Å². The van der Waals surface area contributed by atoms with Gasteiger partial charge < -0.3 is 20.9 Å². The van der Waals surface area contributed by atoms with Crippen LogP contribution >= 0.6 is 0 Å². The maximum Gasteiger partial charge on any atom is 0.142 e. The largest absolute Gasteiger partial charge is 0.488 e. The van der Waals surface area contributed by atoms with Crippen LogP contribution in [0.2, 0.25) is 0 Å². The van der Waals surface area contributed by atoms with Crippen LogP contribution in [0.5, 0.6) is 11.5 Å². The topological polar surface area (TPSA) is 70.5 Å². The van der Waals surface area contributed by atoms with Crippen molar-refractivity contribution < 1.29 is 9.47 Å². The van der Waals surface area contributed by atoms with Crippen LogP contribution in [-0.4, -0.2) is 12.2 Å². The van der Waals surface area contributed by atoms with Gasteiger partial charge in [0.2, 0.25) is 0 Å². The molecule has 0 heterocycles. The van der Waals surface area contributed by atoms with Crippen LogP contribution in [0.1, 0.15) is 20.3 Å². The molecule has 0 radical (unpaired) electrons. The molecule has 4 nitrogen and oxygen atoms in total. The molecule has 0 unspecified atom stereocenters. The van der Waals surface area contributed by atoms with Gasteiger partial charge in [0.1, 0.15) is 11.5 Å². The van der Waals surface area contributed by atoms with Gasteiger partial charge in [0.05, 0.1) is 23.6 Å². The monoisotopic (exact) mass is 286 g/mol. The van der Waals surface area contributed by atoms with Gasteiger partial charge in [-0.1, -0.05) is 24.3 Å². The normalized spacial score (nSPS) is 13.4. The number of para-hydroxylation sites is 4. The summed E-state index contributed by atoms with van der Waals surface area (Å²) in [5.41, 5.74) is 13.0. The number of benzene rings is 2. The molecule has 2 aromatic carbocycles. The average molecular weight is 286 g/mol. The van der Waals surface area contributed by atoms with Crippen LogP contribution in [0.15, 0.2) is 48.5 Å². The Morgan fingerprint density at radius 2 is 1.14 bits per heavy atom. The van der Waals surface area contributed by atoms with E-state index in [1.165, 1.54) is 0 Å². The zero-order chi connectivity index (χ0) is 15.2. The molecule has 0 amide bonds. The van der Waals surface area contributed by atoms with Crippen LogP contribution in [0.25, 0.3) is 0 Å². The third-order valence-electron chi connectivity index (χ3n) is 3.16. The fourth-order valence-corrected chi connectivity index (χ4v) is 2.17. The molecule has 4 N–H and O–H groups in total. The second-order valence-electron chi connectivity index (χ2n) is 5.17. The van der Waals surface area contributed by atoms with Crippen molar-refractivity contribution in [1.82, 2.24) is 0 Å². The van der Waals surface area contributed by atoms with Gasteiger partial charge in [-0.15, -0.1) is 0 Å². The summed E-state index contributed by atoms with van der Waals surface area (Å²) >= 11 is 0. The maximum atomic E-state index is 5.87. The Balaban J connectivity index is 1.89. The number of anilines is 2. The molecule has 0 fully saturated rings. The van der Waals surface area contributed by atoms with E-state index in [0.717, 1.165) is 6.42 Å². The van der Waals surface area contributed by atoms with Gasteiger partial charge in [0.25, 0.3) is 0 Å². The summed E-state index contributed by atoms with van der Waals surface area (Å²) in [4.78, 5) is 0. The molecule has 0 saturated carbocycles. The lowest BCUT2D eigenvalue weighted by Crippen LogP contribution is -2.23. The van der Waals surface area contributed by atoms with E-state index in [1.54, 1.807) is 0 Å². The standard InChI is InChI=1S/C17H22N2O2/c1-12(20-16-9-5-3-7-14(16)18)11-13(2)21-17-10-6-4-8-15(17)19/h3-10,12-13H,11,18-19H2,1-2H3/t12-,13-/m1/s1. The van der Waals surface area contributed by atoms with Gasteiger partial charge in [-0.05, 0) is 38.1 Å². The molecule has 2 rings (SSSR count). The minimum absolute atomic E-state index is 0.00497. The predicted molar refractivity (Wildman–Crippen MR) is 86.5 cm³/mol. The van der Waals surface area contributed by atoms with Gasteiger partial charge in [-0.25, -0.2) is 0 Å². The molecule has 0 aliphatic carbocycles. The van der Waals surface area contributed by atoms with E-state index in [2.05, 4.69) is 0 Å². The minimum Gasteiger partial charge on any atom is -0.488 e. The fourth-order valence-electron chi connectivity index (χ4n) is 2.17. The number of rotatable bonds is 6. The Morgan fingerprint density at radius 1 is 0.762 bits per heavy atom. The maximum absolute atomic E-state index is 5.87. The van der Waals surface area contributed by atoms with Crippen molar-refractivity contribution in [2.75, 3.05) is 11.5 Å². The van der Waals surface area contributed by atoms with Crippen LogP contribution in [0.4, 0.5) is 11.4 Å². The summed E-state index contributed by atoms with van der Waals surface area (Å²) in [5, 5.41) is 0. The molecule has 112 valence electrons. The molecule has 0 aromatic heterocycles. The molecular formula is C17H22N2O2. The number of hydrogen-bond acceptors (Lipinski definition) is 4. The Labute approximate surface area is 125 Å². The van der Waals surface area contributed by atoms with Gasteiger partial charge in [-0.3, -0.25) is 0 Å². The highest BCUT2D eigenvalue weighted by atomic mass is 16.5. The summed E-state index contributed by atoms with van der Waals surface area (Å²) in [5.74, 6) is 1.41. The van der Waals surface area contributed by atoms with Gasteiger partial charge in [0.15, 0.2) is 0 Å². The molecule has 4 heteroatoms. The summed E-state index contributed by atoms with van der Waals surface area (Å²) < 4.78 is 11.7. The van der Waals surface area contributed by atoms with E-state index in [0.29, 0.717) is 22.9 Å². The minimum atomic E-state index is -0.00497. The molecule has 0 spiro atoms. The van der Waals surface area contributed by atoms with E-state index in [-0.39, 0.29) is 12.2 Å². The molecule has 0 aliphatic rings. The lowest BCUT2D eigenvalue weighted by atomic mass is 10.2. The Hall–Kier alpha value is -2.36. The van der Waals surface area contributed by atoms with Crippen molar-refractivity contribution >= 4 is 11.4 Å². The van der Waals surface area contributed by atoms with Crippen molar-refractivity contribution in [1.29, 1.82) is 0 Å². The summed E-state index contributed by atoms with van der Waals surface area (Å²) in [6, 6.07) is 15.0. The van der Waals surface area contributed by atoms with Crippen molar-refractivity contribution in [3.63, 3.8) is 0 Å². The molecule has 2 atom stereocenters. The molecule has 21 heavy (non-hydrogen) atoms. The molecule has 0 saturated heterocycles. The van der Waals surface area contributed by atoms with Crippen molar-refractivity contribution in [2.24, 2.45) is 0 Å². The summed E-state index contributed by atoms with van der Waals surface area (Å²) in [7, 11) is 0. The van der Waals surface area contributed by atoms with Crippen LogP contribution < -0.4 is 20.9 Å². The first kappa shape index (κ1) is 15.0. The molecule has 0 aliphatic heterocycles. The third kappa shape index (κ3) is 4.31. The Kier molecular flexibility index (Phi) is 4.93. The third-order valence-corrected chi connectivity index (χ3v) is 3.16. The lowest BCUT2D eigenvalue weighted by molar-refractivity contribution is 0.132. The zero-order valence-electron chi connectivity index (χ0n) is 12.5. The highest BCUT2D eigenvalue weighted by Crippen LogP contribution is 2.24. The van der Waals surface area contributed by atoms with Crippen molar-refractivity contribution in [3.8, 4) is 11.5 Å². The van der Waals surface area contributed by atoms with E-state index in [9.17, 15) is 0 Å². The van der Waals surface area contributed by atoms with Gasteiger partial charge in [-0.2, -0.15) is 0 Å². The second-order valence-corrected chi connectivity index (χ2v) is 5.17. The van der Waals surface area contributed by atoms with Crippen LogP contribution in [0, 0.1) is 0 Å². The fraction of sp³-hybridized carbons (Fsp3) is 0.294. The first-order valence-corrected chi connectivity index (χ1v) is 7.08. The number of hydrogen-bond donors (Lipinski definition) is 2. The van der Waals surface area contributed by atoms with Crippen LogP contribution in [-0.2, 0) is 0 Å². The zero-order valence-corrected chi connectivity index (χ0v) is 12.5. The quantitative estimate of drug-likeness (QED) is 0.798. The Bertz CT molecular complexity index is 535. The number of nitrogen functional groups attached to an aromatic ring is 2. The van der Waals surface area contributed by atoms with E-state index in [4.69, 9.17) is 20.9 Å². The first-order chi connectivity index (χ1) is 10.1.